The van der Waals surface area contributed by atoms with E-state index in [4.69, 9.17) is 9.47 Å². The second-order valence-electron chi connectivity index (χ2n) is 9.71. The average Bonchev–Trinajstić information content (AvgIpc) is 2.91. The van der Waals surface area contributed by atoms with Crippen molar-refractivity contribution in [2.75, 3.05) is 13.7 Å². The van der Waals surface area contributed by atoms with Gasteiger partial charge in [-0.05, 0) is 44.0 Å². The van der Waals surface area contributed by atoms with E-state index in [1.54, 1.807) is 7.11 Å². The fraction of sp³-hybridized carbons (Fsp3) is 0.613. The molecule has 1 aromatic carbocycles. The molecule has 1 atom stereocenters. The van der Waals surface area contributed by atoms with Crippen LogP contribution in [0, 0.1) is 0 Å². The molecule has 0 aliphatic heterocycles. The summed E-state index contributed by atoms with van der Waals surface area (Å²) in [7, 11) is 1.66. The van der Waals surface area contributed by atoms with Gasteiger partial charge in [0.2, 0.25) is 0 Å². The normalized spacial score (nSPS) is 11.5. The van der Waals surface area contributed by atoms with Crippen LogP contribution in [0.4, 0.5) is 0 Å². The number of carbonyl (C=O) groups is 1. The first-order chi connectivity index (χ1) is 17.6. The lowest BCUT2D eigenvalue weighted by atomic mass is 10.1. The summed E-state index contributed by atoms with van der Waals surface area (Å²) in [4.78, 5) is 12.8. The predicted molar refractivity (Wildman–Crippen MR) is 148 cm³/mol. The highest BCUT2D eigenvalue weighted by Crippen LogP contribution is 2.30. The van der Waals surface area contributed by atoms with Gasteiger partial charge in [0.25, 0.3) is 5.69 Å². The van der Waals surface area contributed by atoms with Crippen molar-refractivity contribution in [1.29, 1.82) is 0 Å². The van der Waals surface area contributed by atoms with E-state index in [1.807, 2.05) is 61.0 Å². The van der Waals surface area contributed by atoms with Crippen LogP contribution in [-0.4, -0.2) is 19.6 Å². The minimum Gasteiger partial charge on any atom is -1.00 e. The molecule has 0 saturated carbocycles. The molecule has 208 valence electrons. The van der Waals surface area contributed by atoms with E-state index in [-0.39, 0.29) is 35.9 Å². The first kappa shape index (κ1) is 33.2. The number of nitrogens with one attached hydrogen (secondary N) is 1. The van der Waals surface area contributed by atoms with Crippen molar-refractivity contribution >= 4 is 5.91 Å². The Morgan fingerprint density at radius 2 is 1.49 bits per heavy atom. The fourth-order valence-corrected chi connectivity index (χ4v) is 4.51. The molecular formula is C31H49IN2O3. The summed E-state index contributed by atoms with van der Waals surface area (Å²) in [6.07, 6.45) is 17.9. The molecule has 0 spiro atoms. The van der Waals surface area contributed by atoms with Gasteiger partial charge in [0, 0.05) is 12.1 Å². The highest BCUT2D eigenvalue weighted by atomic mass is 127. The Morgan fingerprint density at radius 1 is 0.865 bits per heavy atom. The summed E-state index contributed by atoms with van der Waals surface area (Å²) in [6, 6.07) is 11.4. The number of aromatic nitrogens is 1. The van der Waals surface area contributed by atoms with E-state index in [9.17, 15) is 4.79 Å². The summed E-state index contributed by atoms with van der Waals surface area (Å²) in [5, 5.41) is 3.10. The van der Waals surface area contributed by atoms with E-state index in [0.29, 0.717) is 18.1 Å². The molecule has 0 saturated heterocycles. The molecule has 6 heteroatoms. The van der Waals surface area contributed by atoms with E-state index in [2.05, 4.69) is 12.2 Å². The van der Waals surface area contributed by atoms with E-state index < -0.39 is 0 Å². The molecule has 0 radical (unpaired) electrons. The number of unbranched alkanes of at least 4 members (excludes halogenated alkanes) is 11. The zero-order valence-electron chi connectivity index (χ0n) is 23.6. The second kappa shape index (κ2) is 20.2. The van der Waals surface area contributed by atoms with Gasteiger partial charge in [-0.3, -0.25) is 4.79 Å². The molecule has 0 bridgehead atoms. The van der Waals surface area contributed by atoms with Crippen LogP contribution in [0.15, 0.2) is 42.6 Å². The molecule has 0 fully saturated rings. The van der Waals surface area contributed by atoms with Crippen molar-refractivity contribution in [1.82, 2.24) is 5.32 Å². The lowest BCUT2D eigenvalue weighted by Gasteiger charge is -2.17. The van der Waals surface area contributed by atoms with Crippen LogP contribution in [-0.2, 0) is 6.54 Å². The molecule has 5 nitrogen and oxygen atoms in total. The molecule has 1 heterocycles. The molecule has 1 unspecified atom stereocenters. The van der Waals surface area contributed by atoms with Gasteiger partial charge in [-0.2, -0.15) is 4.57 Å². The predicted octanol–water partition coefficient (Wildman–Crippen LogP) is 4.58. The number of aryl methyl sites for hydroxylation is 1. The van der Waals surface area contributed by atoms with Crippen molar-refractivity contribution in [3.63, 3.8) is 0 Å². The molecule has 2 aromatic rings. The summed E-state index contributed by atoms with van der Waals surface area (Å²) in [5.41, 5.74) is 1.64. The SMILES string of the molecule is CCCCCCCCCCCCCCOc1ccc(C(C)NC(=O)c2cccc[n+]2CC)cc1OC.[I-]. The molecule has 1 N–H and O–H groups in total. The first-order valence-corrected chi connectivity index (χ1v) is 14.2. The quantitative estimate of drug-likeness (QED) is 0.142. The number of nitrogens with zero attached hydrogens (tertiary/aromatic N) is 1. The number of hydrogen-bond acceptors (Lipinski definition) is 3. The Hall–Kier alpha value is -1.83. The molecule has 1 aromatic heterocycles. The topological polar surface area (TPSA) is 51.4 Å². The molecule has 0 aliphatic rings. The number of halogens is 1. The molecular weight excluding hydrogens is 575 g/mol. The number of pyridine rings is 1. The maximum absolute atomic E-state index is 12.8. The Morgan fingerprint density at radius 3 is 2.08 bits per heavy atom. The highest BCUT2D eigenvalue weighted by Gasteiger charge is 2.20. The molecule has 37 heavy (non-hydrogen) atoms. The van der Waals surface area contributed by atoms with Crippen molar-refractivity contribution in [3.8, 4) is 11.5 Å². The lowest BCUT2D eigenvalue weighted by molar-refractivity contribution is -0.695. The van der Waals surface area contributed by atoms with Gasteiger partial charge in [0.05, 0.1) is 19.8 Å². The van der Waals surface area contributed by atoms with Crippen molar-refractivity contribution in [2.24, 2.45) is 0 Å². The summed E-state index contributed by atoms with van der Waals surface area (Å²) in [5.74, 6) is 1.38. The van der Waals surface area contributed by atoms with Crippen LogP contribution < -0.4 is 43.3 Å². The number of amides is 1. The van der Waals surface area contributed by atoms with Crippen LogP contribution in [0.5, 0.6) is 11.5 Å². The zero-order chi connectivity index (χ0) is 26.0. The summed E-state index contributed by atoms with van der Waals surface area (Å²) < 4.78 is 13.5. The first-order valence-electron chi connectivity index (χ1n) is 14.2. The van der Waals surface area contributed by atoms with Gasteiger partial charge < -0.3 is 38.8 Å². The second-order valence-corrected chi connectivity index (χ2v) is 9.71. The lowest BCUT2D eigenvalue weighted by Crippen LogP contribution is -3.00. The van der Waals surface area contributed by atoms with Gasteiger partial charge in [-0.15, -0.1) is 0 Å². The number of carbonyl (C=O) groups excluding carboxylic acids is 1. The Balaban J connectivity index is 0.00000684. The number of hydrogen-bond donors (Lipinski definition) is 1. The maximum Gasteiger partial charge on any atom is 0.316 e. The number of methoxy groups -OCH3 is 1. The molecule has 1 amide bonds. The van der Waals surface area contributed by atoms with E-state index >= 15 is 0 Å². The zero-order valence-corrected chi connectivity index (χ0v) is 25.7. The van der Waals surface area contributed by atoms with E-state index in [1.165, 1.54) is 70.6 Å². The van der Waals surface area contributed by atoms with Crippen LogP contribution in [0.3, 0.4) is 0 Å². The minimum absolute atomic E-state index is 0. The molecule has 0 aliphatic carbocycles. The summed E-state index contributed by atoms with van der Waals surface area (Å²) >= 11 is 0. The van der Waals surface area contributed by atoms with Crippen LogP contribution >= 0.6 is 0 Å². The van der Waals surface area contributed by atoms with Crippen molar-refractivity contribution < 1.29 is 42.8 Å². The van der Waals surface area contributed by atoms with Crippen molar-refractivity contribution in [2.45, 2.75) is 110 Å². The van der Waals surface area contributed by atoms with E-state index in [0.717, 1.165) is 24.3 Å². The van der Waals surface area contributed by atoms with Crippen LogP contribution in [0.1, 0.15) is 120 Å². The third-order valence-corrected chi connectivity index (χ3v) is 6.80. The van der Waals surface area contributed by atoms with Gasteiger partial charge in [0.1, 0.15) is 6.54 Å². The Kier molecular flexibility index (Phi) is 18.1. The third-order valence-electron chi connectivity index (χ3n) is 6.80. The smallest absolute Gasteiger partial charge is 0.316 e. The van der Waals surface area contributed by atoms with Crippen LogP contribution in [0.2, 0.25) is 0 Å². The Bertz CT molecular complexity index is 891. The highest BCUT2D eigenvalue weighted by molar-refractivity contribution is 5.91. The molecule has 2 rings (SSSR count). The number of benzene rings is 1. The van der Waals surface area contributed by atoms with Crippen molar-refractivity contribution in [3.05, 3.63) is 53.9 Å². The number of rotatable bonds is 19. The van der Waals surface area contributed by atoms with Gasteiger partial charge in [0.15, 0.2) is 17.7 Å². The largest absolute Gasteiger partial charge is 1.00 e. The third kappa shape index (κ3) is 12.5. The average molecular weight is 625 g/mol. The monoisotopic (exact) mass is 624 g/mol. The maximum atomic E-state index is 12.8. The van der Waals surface area contributed by atoms with Crippen LogP contribution in [0.25, 0.3) is 0 Å². The number of ether oxygens (including phenoxy) is 2. The minimum atomic E-state index is -0.151. The fourth-order valence-electron chi connectivity index (χ4n) is 4.51. The van der Waals surface area contributed by atoms with Gasteiger partial charge >= 0.3 is 5.91 Å². The van der Waals surface area contributed by atoms with Gasteiger partial charge in [-0.1, -0.05) is 83.6 Å². The summed E-state index contributed by atoms with van der Waals surface area (Å²) in [6.45, 7) is 7.73. The standard InChI is InChI=1S/C31H48N2O3.HI/c1-5-7-8-9-10-11-12-13-14-15-16-19-24-36-29-22-21-27(25-30(29)35-4)26(3)32-31(34)28-20-17-18-23-33(28)6-2;/h17-18,20-23,25-26H,5-16,19,24H2,1-4H3;1H. The van der Waals surface area contributed by atoms with Gasteiger partial charge in [-0.25, -0.2) is 0 Å². The Labute approximate surface area is 242 Å².